The average Bonchev–Trinajstić information content (AvgIpc) is 2.83. The summed E-state index contributed by atoms with van der Waals surface area (Å²) in [5, 5.41) is 0. The second kappa shape index (κ2) is 1.52. The SMILES string of the molecule is C1=CC2OC2C=C1C1CO1. The second-order valence-electron chi connectivity index (χ2n) is 2.91. The van der Waals surface area contributed by atoms with Crippen LogP contribution in [0.1, 0.15) is 0 Å². The number of epoxide rings is 2. The van der Waals surface area contributed by atoms with E-state index in [1.807, 2.05) is 0 Å². The van der Waals surface area contributed by atoms with Crippen LogP contribution in [-0.4, -0.2) is 24.9 Å². The van der Waals surface area contributed by atoms with Crippen LogP contribution in [0.3, 0.4) is 0 Å². The Morgan fingerprint density at radius 2 is 2.30 bits per heavy atom. The van der Waals surface area contributed by atoms with Crippen LogP contribution in [0.2, 0.25) is 0 Å². The lowest BCUT2D eigenvalue weighted by Gasteiger charge is -1.97. The molecule has 2 nitrogen and oxygen atoms in total. The number of hydrogen-bond donors (Lipinski definition) is 0. The van der Waals surface area contributed by atoms with E-state index in [0.29, 0.717) is 18.3 Å². The molecule has 1 aliphatic carbocycles. The molecule has 2 fully saturated rings. The lowest BCUT2D eigenvalue weighted by Crippen LogP contribution is -1.98. The summed E-state index contributed by atoms with van der Waals surface area (Å²) in [5.41, 5.74) is 1.30. The summed E-state index contributed by atoms with van der Waals surface area (Å²) >= 11 is 0. The Labute approximate surface area is 59.1 Å². The molecule has 3 aliphatic rings. The topological polar surface area (TPSA) is 25.1 Å². The largest absolute Gasteiger partial charge is 0.368 e. The van der Waals surface area contributed by atoms with Crippen molar-refractivity contribution in [2.45, 2.75) is 18.3 Å². The highest BCUT2D eigenvalue weighted by Gasteiger charge is 2.39. The van der Waals surface area contributed by atoms with Gasteiger partial charge in [0.05, 0.1) is 6.61 Å². The Morgan fingerprint density at radius 3 is 3.00 bits per heavy atom. The predicted molar refractivity (Wildman–Crippen MR) is 35.6 cm³/mol. The maximum absolute atomic E-state index is 5.27. The molecule has 3 rings (SSSR count). The first-order valence-corrected chi connectivity index (χ1v) is 3.60. The molecular formula is C8H8O2. The third kappa shape index (κ3) is 0.662. The molecule has 2 heterocycles. The fourth-order valence-electron chi connectivity index (χ4n) is 1.33. The molecule has 0 amide bonds. The summed E-state index contributed by atoms with van der Waals surface area (Å²) in [4.78, 5) is 0. The minimum Gasteiger partial charge on any atom is -0.368 e. The molecule has 10 heavy (non-hydrogen) atoms. The van der Waals surface area contributed by atoms with Gasteiger partial charge in [0.25, 0.3) is 0 Å². The molecule has 3 atom stereocenters. The van der Waals surface area contributed by atoms with Crippen molar-refractivity contribution in [3.8, 4) is 0 Å². The minimum atomic E-state index is 0.379. The van der Waals surface area contributed by atoms with Crippen molar-refractivity contribution in [1.29, 1.82) is 0 Å². The zero-order valence-corrected chi connectivity index (χ0v) is 5.49. The Hall–Kier alpha value is -0.600. The highest BCUT2D eigenvalue weighted by Crippen LogP contribution is 2.33. The van der Waals surface area contributed by atoms with Crippen molar-refractivity contribution in [2.75, 3.05) is 6.61 Å². The van der Waals surface area contributed by atoms with Gasteiger partial charge in [-0.15, -0.1) is 0 Å². The molecule has 2 saturated heterocycles. The van der Waals surface area contributed by atoms with Crippen LogP contribution in [0, 0.1) is 0 Å². The van der Waals surface area contributed by atoms with Crippen LogP contribution in [0.25, 0.3) is 0 Å². The van der Waals surface area contributed by atoms with Gasteiger partial charge in [0, 0.05) is 0 Å². The Morgan fingerprint density at radius 1 is 1.40 bits per heavy atom. The van der Waals surface area contributed by atoms with E-state index in [2.05, 4.69) is 18.2 Å². The van der Waals surface area contributed by atoms with E-state index in [1.54, 1.807) is 0 Å². The molecule has 0 bridgehead atoms. The summed E-state index contributed by atoms with van der Waals surface area (Å²) in [6, 6.07) is 0. The zero-order chi connectivity index (χ0) is 6.55. The molecule has 3 unspecified atom stereocenters. The van der Waals surface area contributed by atoms with Crippen LogP contribution in [0.5, 0.6) is 0 Å². The number of rotatable bonds is 1. The molecule has 2 heteroatoms. The highest BCUT2D eigenvalue weighted by atomic mass is 16.6. The van der Waals surface area contributed by atoms with Gasteiger partial charge in [0.2, 0.25) is 0 Å². The number of ether oxygens (including phenoxy) is 2. The minimum absolute atomic E-state index is 0.379. The van der Waals surface area contributed by atoms with Crippen LogP contribution in [0.4, 0.5) is 0 Å². The molecule has 0 radical (unpaired) electrons. The van der Waals surface area contributed by atoms with Crippen LogP contribution in [0.15, 0.2) is 23.8 Å². The second-order valence-corrected chi connectivity index (χ2v) is 2.91. The van der Waals surface area contributed by atoms with Gasteiger partial charge in [0.1, 0.15) is 18.3 Å². The summed E-state index contributed by atoms with van der Waals surface area (Å²) in [6.45, 7) is 0.896. The molecule has 0 saturated carbocycles. The smallest absolute Gasteiger partial charge is 0.107 e. The van der Waals surface area contributed by atoms with Gasteiger partial charge in [-0.1, -0.05) is 12.2 Å². The van der Waals surface area contributed by atoms with E-state index in [0.717, 1.165) is 6.61 Å². The van der Waals surface area contributed by atoms with E-state index in [9.17, 15) is 0 Å². The molecule has 52 valence electrons. The summed E-state index contributed by atoms with van der Waals surface area (Å²) < 4.78 is 10.4. The van der Waals surface area contributed by atoms with E-state index < -0.39 is 0 Å². The van der Waals surface area contributed by atoms with Gasteiger partial charge in [-0.05, 0) is 11.6 Å². The van der Waals surface area contributed by atoms with Crippen molar-refractivity contribution >= 4 is 0 Å². The predicted octanol–water partition coefficient (Wildman–Crippen LogP) is 0.649. The van der Waals surface area contributed by atoms with Crippen molar-refractivity contribution < 1.29 is 9.47 Å². The maximum Gasteiger partial charge on any atom is 0.107 e. The van der Waals surface area contributed by atoms with Gasteiger partial charge in [-0.2, -0.15) is 0 Å². The van der Waals surface area contributed by atoms with Crippen LogP contribution in [-0.2, 0) is 9.47 Å². The van der Waals surface area contributed by atoms with Gasteiger partial charge < -0.3 is 9.47 Å². The number of hydrogen-bond acceptors (Lipinski definition) is 2. The molecule has 0 N–H and O–H groups in total. The average molecular weight is 136 g/mol. The first-order valence-electron chi connectivity index (χ1n) is 3.60. The highest BCUT2D eigenvalue weighted by molar-refractivity contribution is 5.36. The number of fused-ring (bicyclic) bond motifs is 1. The molecule has 2 aliphatic heterocycles. The Kier molecular flexibility index (Phi) is 0.775. The summed E-state index contributed by atoms with van der Waals surface area (Å²) in [7, 11) is 0. The van der Waals surface area contributed by atoms with E-state index in [-0.39, 0.29) is 0 Å². The molecule has 0 aromatic heterocycles. The Bertz CT molecular complexity index is 225. The first kappa shape index (κ1) is 5.10. The fraction of sp³-hybridized carbons (Fsp3) is 0.500. The zero-order valence-electron chi connectivity index (χ0n) is 5.49. The fourth-order valence-corrected chi connectivity index (χ4v) is 1.33. The monoisotopic (exact) mass is 136 g/mol. The normalized spacial score (nSPS) is 48.0. The molecule has 0 spiro atoms. The van der Waals surface area contributed by atoms with Crippen LogP contribution < -0.4 is 0 Å². The van der Waals surface area contributed by atoms with Crippen LogP contribution >= 0.6 is 0 Å². The summed E-state index contributed by atoms with van der Waals surface area (Å²) in [5.74, 6) is 0. The van der Waals surface area contributed by atoms with Crippen molar-refractivity contribution in [2.24, 2.45) is 0 Å². The van der Waals surface area contributed by atoms with E-state index >= 15 is 0 Å². The van der Waals surface area contributed by atoms with E-state index in [1.165, 1.54) is 5.57 Å². The first-order chi connectivity index (χ1) is 4.93. The van der Waals surface area contributed by atoms with E-state index in [4.69, 9.17) is 9.47 Å². The Balaban J connectivity index is 1.89. The summed E-state index contributed by atoms with van der Waals surface area (Å²) in [6.07, 6.45) is 7.56. The van der Waals surface area contributed by atoms with Crippen molar-refractivity contribution in [3.63, 3.8) is 0 Å². The van der Waals surface area contributed by atoms with Crippen molar-refractivity contribution in [3.05, 3.63) is 23.8 Å². The standard InChI is InChI=1S/C8H8O2/c1-2-6-7(10-6)3-5(1)8-4-9-8/h1-3,6-8H,4H2. The quantitative estimate of drug-likeness (QED) is 0.494. The lowest BCUT2D eigenvalue weighted by molar-refractivity contribution is 0.412. The third-order valence-corrected chi connectivity index (χ3v) is 2.10. The van der Waals surface area contributed by atoms with Gasteiger partial charge in [0.15, 0.2) is 0 Å². The molecular weight excluding hydrogens is 128 g/mol. The molecule has 0 aromatic carbocycles. The van der Waals surface area contributed by atoms with Gasteiger partial charge >= 0.3 is 0 Å². The maximum atomic E-state index is 5.27. The van der Waals surface area contributed by atoms with Crippen molar-refractivity contribution in [1.82, 2.24) is 0 Å². The molecule has 0 aromatic rings. The van der Waals surface area contributed by atoms with Gasteiger partial charge in [-0.25, -0.2) is 0 Å². The lowest BCUT2D eigenvalue weighted by atomic mass is 10.1. The van der Waals surface area contributed by atoms with Gasteiger partial charge in [-0.3, -0.25) is 0 Å². The third-order valence-electron chi connectivity index (χ3n) is 2.10.